The van der Waals surface area contributed by atoms with Crippen LogP contribution in [-0.2, 0) is 42.3 Å². The summed E-state index contributed by atoms with van der Waals surface area (Å²) >= 11 is 4.68. The van der Waals surface area contributed by atoms with Crippen LogP contribution in [0.15, 0.2) is 0 Å². The van der Waals surface area contributed by atoms with Gasteiger partial charge in [-0.2, -0.15) is 0 Å². The van der Waals surface area contributed by atoms with Gasteiger partial charge in [-0.1, -0.05) is 28.0 Å². The second kappa shape index (κ2) is 11.3. The predicted molar refractivity (Wildman–Crippen MR) is 78.7 cm³/mol. The minimum absolute atomic E-state index is 0. The monoisotopic (exact) mass is 501 g/mol. The van der Waals surface area contributed by atoms with E-state index in [2.05, 4.69) is 17.9 Å². The number of nitrogens with one attached hydrogen (secondary N) is 1. The normalized spacial score (nSPS) is 19.5. The molecule has 1 heterocycles. The van der Waals surface area contributed by atoms with Crippen LogP contribution in [0.2, 0.25) is 0 Å². The van der Waals surface area contributed by atoms with Crippen molar-refractivity contribution in [2.24, 2.45) is 0 Å². The Balaban J connectivity index is 0.00000324. The molecule has 1 saturated heterocycles. The summed E-state index contributed by atoms with van der Waals surface area (Å²) in [6.07, 6.45) is 4.64. The number of carboxylic acid groups (broad SMARTS) is 1. The van der Waals surface area contributed by atoms with E-state index in [1.54, 1.807) is 0 Å². The Bertz CT molecular complexity index is 288. The zero-order chi connectivity index (χ0) is 13.4. The van der Waals surface area contributed by atoms with Crippen molar-refractivity contribution in [3.63, 3.8) is 0 Å². The summed E-state index contributed by atoms with van der Waals surface area (Å²) in [6, 6.07) is -0.922. The van der Waals surface area contributed by atoms with Crippen LogP contribution in [0.1, 0.15) is 32.1 Å². The van der Waals surface area contributed by atoms with E-state index in [0.717, 1.165) is 24.5 Å². The smallest absolute Gasteiger partial charge is 0.324 e. The van der Waals surface area contributed by atoms with Gasteiger partial charge in [0.2, 0.25) is 5.91 Å². The van der Waals surface area contributed by atoms with E-state index in [9.17, 15) is 9.59 Å². The first kappa shape index (κ1) is 19.6. The number of hydrogen-bond donors (Lipinski definition) is 2. The second-order valence-corrected chi connectivity index (χ2v) is 7.32. The molecule has 2 atom stereocenters. The van der Waals surface area contributed by atoms with Gasteiger partial charge in [-0.3, -0.25) is 9.59 Å². The minimum atomic E-state index is -1.06. The summed E-state index contributed by atoms with van der Waals surface area (Å²) in [5, 5.41) is 11.9. The molecule has 4 nitrogen and oxygen atoms in total. The minimum Gasteiger partial charge on any atom is -0.790 e. The second-order valence-electron chi connectivity index (χ2n) is 4.20. The van der Waals surface area contributed by atoms with Gasteiger partial charge in [0.25, 0.3) is 0 Å². The first-order valence-corrected chi connectivity index (χ1v) is 8.98. The number of carbonyl (C=O) groups is 2. The Morgan fingerprint density at radius 1 is 1.42 bits per heavy atom. The third-order valence-electron chi connectivity index (χ3n) is 2.71. The molecule has 2 unspecified atom stereocenters. The number of rotatable bonds is 8. The number of carbonyl (C=O) groups excluding carboxylic acids is 1. The molecule has 1 amide bonds. The molecule has 8 heteroatoms. The summed E-state index contributed by atoms with van der Waals surface area (Å²) in [5.41, 5.74) is 0. The largest absolute Gasteiger partial charge is 0.790 e. The molecule has 0 saturated carbocycles. The summed E-state index contributed by atoms with van der Waals surface area (Å²) in [5.74, 6) is -0.0233. The fraction of sp³-hybridized carbons (Fsp3) is 0.818. The van der Waals surface area contributed by atoms with Crippen LogP contribution >= 0.6 is 21.6 Å². The first-order valence-electron chi connectivity index (χ1n) is 6.02. The fourth-order valence-electron chi connectivity index (χ4n) is 1.66. The Morgan fingerprint density at radius 3 is 2.68 bits per heavy atom. The summed E-state index contributed by atoms with van der Waals surface area (Å²) in [7, 11) is 3.87. The van der Waals surface area contributed by atoms with E-state index in [1.807, 2.05) is 21.6 Å². The van der Waals surface area contributed by atoms with Crippen LogP contribution in [0.5, 0.6) is 0 Å². The zero-order valence-electron chi connectivity index (χ0n) is 10.4. The molecule has 19 heavy (non-hydrogen) atoms. The van der Waals surface area contributed by atoms with E-state index < -0.39 is 12.0 Å². The maximum Gasteiger partial charge on any atom is 0.324 e. The van der Waals surface area contributed by atoms with Crippen molar-refractivity contribution in [1.82, 2.24) is 5.32 Å². The Hall–Kier alpha value is 0.639. The Labute approximate surface area is 140 Å². The van der Waals surface area contributed by atoms with Crippen molar-refractivity contribution < 1.29 is 34.8 Å². The molecule has 0 bridgehead atoms. The maximum absolute atomic E-state index is 11.5. The van der Waals surface area contributed by atoms with Crippen LogP contribution in [-0.4, -0.2) is 39.8 Å². The third-order valence-corrected chi connectivity index (χ3v) is 6.05. The van der Waals surface area contributed by atoms with Crippen molar-refractivity contribution in [2.75, 3.05) is 11.5 Å². The van der Waals surface area contributed by atoms with E-state index >= 15 is 0 Å². The molecule has 1 aliphatic rings. The van der Waals surface area contributed by atoms with Crippen molar-refractivity contribution in [1.29, 1.82) is 0 Å². The zero-order valence-corrected chi connectivity index (χ0v) is 15.3. The molecule has 0 aromatic heterocycles. The molecule has 0 aromatic carbocycles. The molecular formula is C11H18IrNO3S3-. The molecule has 1 fully saturated rings. The number of carboxylic acids is 1. The van der Waals surface area contributed by atoms with Crippen LogP contribution < -0.4 is 5.32 Å². The van der Waals surface area contributed by atoms with Gasteiger partial charge in [0.15, 0.2) is 0 Å². The molecule has 1 aliphatic heterocycles. The first-order chi connectivity index (χ1) is 8.63. The van der Waals surface area contributed by atoms with E-state index in [-0.39, 0.29) is 31.8 Å². The standard InChI is InChI=1S/C11H19NO3S3.Ir/c13-10(12-9(7-16)11(14)15)4-2-1-3-8-5-6-17-18-8;/h8-9,16H,1-7H2,(H,12,13)(H,14,15);/p-1. The van der Waals surface area contributed by atoms with Gasteiger partial charge in [0, 0.05) is 37.5 Å². The van der Waals surface area contributed by atoms with Gasteiger partial charge >= 0.3 is 5.97 Å². The van der Waals surface area contributed by atoms with Crippen molar-refractivity contribution >= 4 is 46.1 Å². The molecule has 113 valence electrons. The molecule has 0 aliphatic carbocycles. The molecule has 1 radical (unpaired) electrons. The summed E-state index contributed by atoms with van der Waals surface area (Å²) in [6.45, 7) is 0. The van der Waals surface area contributed by atoms with Crippen molar-refractivity contribution in [3.8, 4) is 0 Å². The van der Waals surface area contributed by atoms with Crippen molar-refractivity contribution in [3.05, 3.63) is 0 Å². The van der Waals surface area contributed by atoms with Crippen LogP contribution in [0.3, 0.4) is 0 Å². The number of hydrogen-bond acceptors (Lipinski definition) is 5. The quantitative estimate of drug-likeness (QED) is 0.301. The van der Waals surface area contributed by atoms with Gasteiger partial charge < -0.3 is 23.1 Å². The molecule has 0 spiro atoms. The molecule has 2 N–H and O–H groups in total. The Morgan fingerprint density at radius 2 is 2.16 bits per heavy atom. The average molecular weight is 501 g/mol. The number of amides is 1. The SMILES string of the molecule is O=C(CCCCC1CCSS1)NC(C[S-])C(=O)O.[Ir]. The van der Waals surface area contributed by atoms with Gasteiger partial charge in [0.1, 0.15) is 6.04 Å². The molecule has 1 rings (SSSR count). The van der Waals surface area contributed by atoms with Crippen LogP contribution in [0, 0.1) is 0 Å². The number of unbranched alkanes of at least 4 members (excludes halogenated alkanes) is 1. The van der Waals surface area contributed by atoms with E-state index in [0.29, 0.717) is 6.42 Å². The van der Waals surface area contributed by atoms with Gasteiger partial charge in [0.05, 0.1) is 0 Å². The van der Waals surface area contributed by atoms with Gasteiger partial charge in [-0.05, 0) is 19.3 Å². The van der Waals surface area contributed by atoms with Crippen LogP contribution in [0.4, 0.5) is 0 Å². The van der Waals surface area contributed by atoms with Crippen LogP contribution in [0.25, 0.3) is 0 Å². The predicted octanol–water partition coefficient (Wildman–Crippen LogP) is 1.81. The number of aliphatic carboxylic acids is 1. The van der Waals surface area contributed by atoms with Crippen molar-refractivity contribution in [2.45, 2.75) is 43.4 Å². The van der Waals surface area contributed by atoms with Gasteiger partial charge in [-0.15, -0.1) is 5.75 Å². The maximum atomic E-state index is 11.5. The third kappa shape index (κ3) is 8.50. The topological polar surface area (TPSA) is 66.4 Å². The summed E-state index contributed by atoms with van der Waals surface area (Å²) in [4.78, 5) is 22.2. The Kier molecular flexibility index (Phi) is 11.7. The van der Waals surface area contributed by atoms with E-state index in [4.69, 9.17) is 5.11 Å². The summed E-state index contributed by atoms with van der Waals surface area (Å²) < 4.78 is 0. The van der Waals surface area contributed by atoms with E-state index in [1.165, 1.54) is 12.2 Å². The molecular weight excluding hydrogens is 483 g/mol. The fourth-order valence-corrected chi connectivity index (χ4v) is 4.92. The van der Waals surface area contributed by atoms with Gasteiger partial charge in [-0.25, -0.2) is 0 Å². The average Bonchev–Trinajstić information content (AvgIpc) is 2.84. The molecule has 0 aromatic rings.